The number of carbonyl (C=O) groups excluding carboxylic acids is 1. The molecule has 0 aliphatic heterocycles. The molecule has 7 heteroatoms. The Labute approximate surface area is 166 Å². The Morgan fingerprint density at radius 1 is 0.893 bits per heavy atom. The van der Waals surface area contributed by atoms with Crippen LogP contribution < -0.4 is 0 Å². The number of esters is 1. The van der Waals surface area contributed by atoms with Gasteiger partial charge in [-0.3, -0.25) is 9.47 Å². The third-order valence-corrected chi connectivity index (χ3v) is 4.92. The lowest BCUT2D eigenvalue weighted by molar-refractivity contribution is -0.141. The zero-order valence-electron chi connectivity index (χ0n) is 15.0. The second-order valence-corrected chi connectivity index (χ2v) is 6.92. The van der Waals surface area contributed by atoms with E-state index in [0.29, 0.717) is 11.0 Å². The average molecular weight is 390 g/mol. The predicted molar refractivity (Wildman–Crippen MR) is 108 cm³/mol. The quantitative estimate of drug-likeness (QED) is 0.354. The number of thioether (sulfide) groups is 1. The molecule has 4 aromatic rings. The van der Waals surface area contributed by atoms with Crippen molar-refractivity contribution in [2.45, 2.75) is 11.8 Å². The van der Waals surface area contributed by atoms with Gasteiger partial charge >= 0.3 is 5.97 Å². The topological polar surface area (TPSA) is 61.9 Å². The Kier molecular flexibility index (Phi) is 5.53. The highest BCUT2D eigenvalue weighted by molar-refractivity contribution is 7.99. The van der Waals surface area contributed by atoms with Gasteiger partial charge in [-0.1, -0.05) is 72.4 Å². The van der Waals surface area contributed by atoms with Gasteiger partial charge in [-0.15, -0.1) is 10.2 Å². The monoisotopic (exact) mass is 390 g/mol. The molecule has 0 aliphatic carbocycles. The number of aromatic nitrogens is 4. The summed E-state index contributed by atoms with van der Waals surface area (Å²) < 4.78 is 9.12. The average Bonchev–Trinajstić information content (AvgIpc) is 3.41. The van der Waals surface area contributed by atoms with Crippen LogP contribution in [-0.2, 0) is 16.1 Å². The zero-order valence-corrected chi connectivity index (χ0v) is 15.8. The number of hydrogen-bond donors (Lipinski definition) is 0. The van der Waals surface area contributed by atoms with Gasteiger partial charge in [-0.25, -0.2) is 4.68 Å². The van der Waals surface area contributed by atoms with Crippen LogP contribution in [0.15, 0.2) is 90.3 Å². The lowest BCUT2D eigenvalue weighted by atomic mass is 10.2. The van der Waals surface area contributed by atoms with Crippen LogP contribution >= 0.6 is 11.8 Å². The molecule has 6 nitrogen and oxygen atoms in total. The minimum atomic E-state index is -0.294. The van der Waals surface area contributed by atoms with Gasteiger partial charge in [0.2, 0.25) is 5.16 Å². The van der Waals surface area contributed by atoms with E-state index in [4.69, 9.17) is 4.74 Å². The van der Waals surface area contributed by atoms with Crippen LogP contribution in [0, 0.1) is 0 Å². The fourth-order valence-electron chi connectivity index (χ4n) is 2.69. The van der Waals surface area contributed by atoms with E-state index in [2.05, 4.69) is 10.2 Å². The molecule has 0 amide bonds. The summed E-state index contributed by atoms with van der Waals surface area (Å²) in [4.78, 5) is 12.2. The SMILES string of the molecule is O=C(CSc1nnc(-c2ccccc2)n1-n1cccc1)OCc1ccccc1. The van der Waals surface area contributed by atoms with E-state index in [9.17, 15) is 4.79 Å². The van der Waals surface area contributed by atoms with Gasteiger partial charge in [0, 0.05) is 18.0 Å². The van der Waals surface area contributed by atoms with E-state index in [1.54, 1.807) is 0 Å². The number of hydrogen-bond acceptors (Lipinski definition) is 5. The van der Waals surface area contributed by atoms with Crippen molar-refractivity contribution in [2.24, 2.45) is 0 Å². The molecule has 4 rings (SSSR count). The summed E-state index contributed by atoms with van der Waals surface area (Å²) in [6.45, 7) is 0.264. The molecular formula is C21H18N4O2S. The van der Waals surface area contributed by atoms with Gasteiger partial charge < -0.3 is 4.74 Å². The molecule has 0 spiro atoms. The predicted octanol–water partition coefficient (Wildman–Crippen LogP) is 3.89. The van der Waals surface area contributed by atoms with Crippen molar-refractivity contribution in [3.8, 4) is 11.4 Å². The number of carbonyl (C=O) groups is 1. The number of benzene rings is 2. The van der Waals surface area contributed by atoms with E-state index in [0.717, 1.165) is 11.1 Å². The summed E-state index contributed by atoms with van der Waals surface area (Å²) >= 11 is 1.30. The van der Waals surface area contributed by atoms with E-state index >= 15 is 0 Å². The molecule has 0 aliphatic rings. The molecule has 0 saturated carbocycles. The third kappa shape index (κ3) is 4.15. The largest absolute Gasteiger partial charge is 0.460 e. The van der Waals surface area contributed by atoms with Crippen molar-refractivity contribution in [1.29, 1.82) is 0 Å². The highest BCUT2D eigenvalue weighted by atomic mass is 32.2. The fraction of sp³-hybridized carbons (Fsp3) is 0.0952. The molecule has 2 aromatic heterocycles. The Hall–Kier alpha value is -3.32. The molecule has 140 valence electrons. The smallest absolute Gasteiger partial charge is 0.316 e. The minimum absolute atomic E-state index is 0.154. The Morgan fingerprint density at radius 2 is 1.57 bits per heavy atom. The molecule has 0 saturated heterocycles. The second-order valence-electron chi connectivity index (χ2n) is 5.98. The Morgan fingerprint density at radius 3 is 2.29 bits per heavy atom. The van der Waals surface area contributed by atoms with Crippen LogP contribution in [0.2, 0.25) is 0 Å². The summed E-state index contributed by atoms with van der Waals surface area (Å²) in [6.07, 6.45) is 3.82. The summed E-state index contributed by atoms with van der Waals surface area (Å²) in [5.41, 5.74) is 1.91. The Balaban J connectivity index is 1.49. The summed E-state index contributed by atoms with van der Waals surface area (Å²) in [6, 6.07) is 23.3. The van der Waals surface area contributed by atoms with Gasteiger partial charge in [0.05, 0.1) is 5.75 Å². The van der Waals surface area contributed by atoms with Crippen molar-refractivity contribution in [3.05, 3.63) is 90.8 Å². The lowest BCUT2D eigenvalue weighted by Gasteiger charge is -2.11. The first-order chi connectivity index (χ1) is 13.8. The number of nitrogens with zero attached hydrogens (tertiary/aromatic N) is 4. The van der Waals surface area contributed by atoms with E-state index < -0.39 is 0 Å². The molecule has 2 aromatic carbocycles. The first-order valence-corrected chi connectivity index (χ1v) is 9.76. The Bertz CT molecular complexity index is 1030. The molecule has 0 radical (unpaired) electrons. The number of ether oxygens (including phenoxy) is 1. The minimum Gasteiger partial charge on any atom is -0.460 e. The van der Waals surface area contributed by atoms with Crippen molar-refractivity contribution in [2.75, 3.05) is 5.75 Å². The summed E-state index contributed by atoms with van der Waals surface area (Å²) in [5, 5.41) is 9.24. The standard InChI is InChI=1S/C21H18N4O2S/c26-19(27-15-17-9-3-1-4-10-17)16-28-21-23-22-20(18-11-5-2-6-12-18)25(21)24-13-7-8-14-24/h1-14H,15-16H2. The van der Waals surface area contributed by atoms with E-state index in [1.807, 2.05) is 94.5 Å². The van der Waals surface area contributed by atoms with Gasteiger partial charge in [-0.05, 0) is 17.7 Å². The van der Waals surface area contributed by atoms with Crippen LogP contribution in [0.1, 0.15) is 5.56 Å². The molecule has 28 heavy (non-hydrogen) atoms. The van der Waals surface area contributed by atoms with Crippen molar-refractivity contribution >= 4 is 17.7 Å². The fourth-order valence-corrected chi connectivity index (χ4v) is 3.42. The molecule has 0 unspecified atom stereocenters. The van der Waals surface area contributed by atoms with Crippen LogP contribution in [0.5, 0.6) is 0 Å². The van der Waals surface area contributed by atoms with Crippen molar-refractivity contribution < 1.29 is 9.53 Å². The third-order valence-electron chi connectivity index (χ3n) is 4.03. The lowest BCUT2D eigenvalue weighted by Crippen LogP contribution is -2.12. The second kappa shape index (κ2) is 8.58. The summed E-state index contributed by atoms with van der Waals surface area (Å²) in [5.74, 6) is 0.565. The molecular weight excluding hydrogens is 372 g/mol. The van der Waals surface area contributed by atoms with Gasteiger partial charge in [0.1, 0.15) is 6.61 Å². The van der Waals surface area contributed by atoms with E-state index in [1.165, 1.54) is 11.8 Å². The maximum Gasteiger partial charge on any atom is 0.316 e. The first-order valence-electron chi connectivity index (χ1n) is 8.78. The highest BCUT2D eigenvalue weighted by Gasteiger charge is 2.17. The maximum absolute atomic E-state index is 12.2. The maximum atomic E-state index is 12.2. The molecule has 2 heterocycles. The van der Waals surface area contributed by atoms with Crippen LogP contribution in [0.3, 0.4) is 0 Å². The van der Waals surface area contributed by atoms with Crippen LogP contribution in [0.25, 0.3) is 11.4 Å². The zero-order chi connectivity index (χ0) is 19.2. The normalized spacial score (nSPS) is 10.7. The van der Waals surface area contributed by atoms with E-state index in [-0.39, 0.29) is 18.3 Å². The first kappa shape index (κ1) is 18.1. The van der Waals surface area contributed by atoms with Gasteiger partial charge in [-0.2, -0.15) is 0 Å². The van der Waals surface area contributed by atoms with Crippen LogP contribution in [-0.4, -0.2) is 31.3 Å². The van der Waals surface area contributed by atoms with Crippen molar-refractivity contribution in [3.63, 3.8) is 0 Å². The van der Waals surface area contributed by atoms with Crippen molar-refractivity contribution in [1.82, 2.24) is 19.5 Å². The van der Waals surface area contributed by atoms with Gasteiger partial charge in [0.15, 0.2) is 5.82 Å². The number of rotatable bonds is 7. The molecule has 0 N–H and O–H groups in total. The highest BCUT2D eigenvalue weighted by Crippen LogP contribution is 2.24. The molecule has 0 fully saturated rings. The molecule has 0 atom stereocenters. The molecule has 0 bridgehead atoms. The van der Waals surface area contributed by atoms with Gasteiger partial charge in [0.25, 0.3) is 0 Å². The summed E-state index contributed by atoms with van der Waals surface area (Å²) in [7, 11) is 0. The van der Waals surface area contributed by atoms with Crippen LogP contribution in [0.4, 0.5) is 0 Å².